The third-order valence-corrected chi connectivity index (χ3v) is 3.78. The maximum absolute atomic E-state index is 12.2. The summed E-state index contributed by atoms with van der Waals surface area (Å²) in [6, 6.07) is 12.0. The minimum atomic E-state index is -0.701. The fourth-order valence-corrected chi connectivity index (χ4v) is 2.18. The van der Waals surface area contributed by atoms with Crippen LogP contribution in [0.15, 0.2) is 48.0 Å². The number of halogens is 2. The topological polar surface area (TPSA) is 96.0 Å². The highest BCUT2D eigenvalue weighted by molar-refractivity contribution is 6.44. The molecule has 0 aliphatic carbocycles. The van der Waals surface area contributed by atoms with Gasteiger partial charge < -0.3 is 5.32 Å². The van der Waals surface area contributed by atoms with Crippen molar-refractivity contribution in [3.05, 3.63) is 73.8 Å². The molecule has 0 saturated heterocycles. The number of hydrogen-bond acceptors (Lipinski definition) is 4. The Morgan fingerprint density at radius 1 is 1.25 bits per heavy atom. The molecule has 2 aromatic carbocycles. The average Bonchev–Trinajstić information content (AvgIpc) is 2.57. The Labute approximate surface area is 147 Å². The van der Waals surface area contributed by atoms with Gasteiger partial charge in [0.1, 0.15) is 11.6 Å². The van der Waals surface area contributed by atoms with E-state index in [9.17, 15) is 14.9 Å². The van der Waals surface area contributed by atoms with Crippen molar-refractivity contribution in [2.45, 2.75) is 0 Å². The maximum atomic E-state index is 12.2. The first-order chi connectivity index (χ1) is 11.4. The lowest BCUT2D eigenvalue weighted by molar-refractivity contribution is -0.384. The van der Waals surface area contributed by atoms with Gasteiger partial charge in [-0.2, -0.15) is 5.26 Å². The molecule has 0 spiro atoms. The number of carbonyl (C=O) groups excluding carboxylic acids is 1. The van der Waals surface area contributed by atoms with Crippen molar-refractivity contribution in [3.8, 4) is 6.07 Å². The minimum absolute atomic E-state index is 0.140. The van der Waals surface area contributed by atoms with Crippen LogP contribution in [-0.2, 0) is 4.79 Å². The van der Waals surface area contributed by atoms with Crippen LogP contribution in [0, 0.1) is 21.4 Å². The second-order valence-electron chi connectivity index (χ2n) is 4.58. The van der Waals surface area contributed by atoms with E-state index in [0.717, 1.165) is 0 Å². The van der Waals surface area contributed by atoms with E-state index in [1.54, 1.807) is 24.3 Å². The van der Waals surface area contributed by atoms with Crippen LogP contribution in [0.2, 0.25) is 10.0 Å². The number of nitro groups is 1. The minimum Gasteiger partial charge on any atom is -0.320 e. The van der Waals surface area contributed by atoms with E-state index in [4.69, 9.17) is 28.5 Å². The van der Waals surface area contributed by atoms with E-state index in [1.807, 2.05) is 0 Å². The van der Waals surface area contributed by atoms with E-state index in [0.29, 0.717) is 5.56 Å². The van der Waals surface area contributed by atoms with Gasteiger partial charge in [0.25, 0.3) is 11.6 Å². The molecule has 1 amide bonds. The van der Waals surface area contributed by atoms with Crippen LogP contribution in [0.1, 0.15) is 5.56 Å². The number of nitrogens with zero attached hydrogens (tertiary/aromatic N) is 2. The molecule has 0 radical (unpaired) electrons. The Morgan fingerprint density at radius 2 is 1.96 bits per heavy atom. The van der Waals surface area contributed by atoms with Crippen LogP contribution in [0.5, 0.6) is 0 Å². The molecule has 1 N–H and O–H groups in total. The van der Waals surface area contributed by atoms with Gasteiger partial charge in [-0.15, -0.1) is 0 Å². The molecule has 24 heavy (non-hydrogen) atoms. The Bertz CT molecular complexity index is 888. The van der Waals surface area contributed by atoms with Crippen molar-refractivity contribution in [3.63, 3.8) is 0 Å². The van der Waals surface area contributed by atoms with Gasteiger partial charge in [0.2, 0.25) is 0 Å². The Hall–Kier alpha value is -2.88. The molecule has 0 unspecified atom stereocenters. The van der Waals surface area contributed by atoms with Crippen molar-refractivity contribution in [1.82, 2.24) is 0 Å². The molecule has 8 heteroatoms. The maximum Gasteiger partial charge on any atom is 0.270 e. The van der Waals surface area contributed by atoms with Crippen molar-refractivity contribution in [1.29, 1.82) is 5.26 Å². The lowest BCUT2D eigenvalue weighted by atomic mass is 10.1. The molecule has 0 fully saturated rings. The second-order valence-corrected chi connectivity index (χ2v) is 5.36. The third-order valence-electron chi connectivity index (χ3n) is 2.96. The first-order valence-corrected chi connectivity index (χ1v) is 7.29. The molecular weight excluding hydrogens is 353 g/mol. The number of nitrogens with one attached hydrogen (secondary N) is 1. The molecular formula is C16H9Cl2N3O3. The monoisotopic (exact) mass is 361 g/mol. The summed E-state index contributed by atoms with van der Waals surface area (Å²) in [6.07, 6.45) is 1.25. The normalized spacial score (nSPS) is 10.8. The van der Waals surface area contributed by atoms with Gasteiger partial charge in [-0.1, -0.05) is 41.4 Å². The van der Waals surface area contributed by atoms with Gasteiger partial charge in [-0.3, -0.25) is 14.9 Å². The molecule has 2 rings (SSSR count). The van der Waals surface area contributed by atoms with Crippen LogP contribution in [0.3, 0.4) is 0 Å². The molecule has 120 valence electrons. The number of amides is 1. The summed E-state index contributed by atoms with van der Waals surface area (Å²) in [5.41, 5.74) is 0.244. The molecule has 0 aliphatic rings. The molecule has 2 aromatic rings. The van der Waals surface area contributed by atoms with Crippen LogP contribution in [-0.4, -0.2) is 10.8 Å². The highest BCUT2D eigenvalue weighted by atomic mass is 35.5. The highest BCUT2D eigenvalue weighted by Crippen LogP contribution is 2.29. The van der Waals surface area contributed by atoms with Crippen LogP contribution in [0.25, 0.3) is 6.08 Å². The summed E-state index contributed by atoms with van der Waals surface area (Å²) in [4.78, 5) is 22.4. The van der Waals surface area contributed by atoms with Gasteiger partial charge in [0.15, 0.2) is 0 Å². The van der Waals surface area contributed by atoms with Crippen LogP contribution in [0.4, 0.5) is 11.4 Å². The fraction of sp³-hybridized carbons (Fsp3) is 0. The predicted octanol–water partition coefficient (Wildman–Crippen LogP) is 4.45. The molecule has 0 bridgehead atoms. The summed E-state index contributed by atoms with van der Waals surface area (Å²) >= 11 is 11.8. The largest absolute Gasteiger partial charge is 0.320 e. The summed E-state index contributed by atoms with van der Waals surface area (Å²) in [5, 5.41) is 22.8. The van der Waals surface area contributed by atoms with E-state index >= 15 is 0 Å². The van der Waals surface area contributed by atoms with Crippen molar-refractivity contribution in [2.24, 2.45) is 0 Å². The first kappa shape index (κ1) is 17.5. The average molecular weight is 362 g/mol. The van der Waals surface area contributed by atoms with Crippen molar-refractivity contribution >= 4 is 46.6 Å². The number of hydrogen-bond donors (Lipinski definition) is 1. The van der Waals surface area contributed by atoms with Gasteiger partial charge in [-0.05, 0) is 23.8 Å². The van der Waals surface area contributed by atoms with E-state index in [-0.39, 0.29) is 27.0 Å². The molecule has 0 aliphatic heterocycles. The standard InChI is InChI=1S/C16H9Cl2N3O3/c17-13-5-2-6-14(15(13)18)20-16(22)11(9-19)7-10-3-1-4-12(8-10)21(23)24/h1-8H,(H,20,22)/b11-7+. The number of non-ortho nitro benzene ring substituents is 1. The van der Waals surface area contributed by atoms with Gasteiger partial charge in [-0.25, -0.2) is 0 Å². The van der Waals surface area contributed by atoms with Crippen molar-refractivity contribution in [2.75, 3.05) is 5.32 Å². The number of carbonyl (C=O) groups is 1. The van der Waals surface area contributed by atoms with E-state index in [2.05, 4.69) is 5.32 Å². The molecule has 0 aromatic heterocycles. The predicted molar refractivity (Wildman–Crippen MR) is 91.8 cm³/mol. The smallest absolute Gasteiger partial charge is 0.270 e. The van der Waals surface area contributed by atoms with Crippen LogP contribution >= 0.6 is 23.2 Å². The number of rotatable bonds is 4. The van der Waals surface area contributed by atoms with E-state index in [1.165, 1.54) is 30.3 Å². The molecule has 0 atom stereocenters. The van der Waals surface area contributed by atoms with Gasteiger partial charge >= 0.3 is 0 Å². The molecule has 6 nitrogen and oxygen atoms in total. The number of nitriles is 1. The quantitative estimate of drug-likeness (QED) is 0.376. The summed E-state index contributed by atoms with van der Waals surface area (Å²) in [7, 11) is 0. The SMILES string of the molecule is N#C/C(=C\c1cccc([N+](=O)[O-])c1)C(=O)Nc1cccc(Cl)c1Cl. The Balaban J connectivity index is 2.29. The third kappa shape index (κ3) is 4.10. The van der Waals surface area contributed by atoms with Crippen molar-refractivity contribution < 1.29 is 9.72 Å². The van der Waals surface area contributed by atoms with Gasteiger partial charge in [0.05, 0.1) is 20.7 Å². The molecule has 0 heterocycles. The first-order valence-electron chi connectivity index (χ1n) is 6.54. The number of anilines is 1. The zero-order valence-corrected chi connectivity index (χ0v) is 13.5. The number of benzene rings is 2. The fourth-order valence-electron chi connectivity index (χ4n) is 1.83. The lowest BCUT2D eigenvalue weighted by Gasteiger charge is -2.07. The summed E-state index contributed by atoms with van der Waals surface area (Å²) < 4.78 is 0. The Kier molecular flexibility index (Phi) is 5.53. The molecule has 0 saturated carbocycles. The lowest BCUT2D eigenvalue weighted by Crippen LogP contribution is -2.13. The Morgan fingerprint density at radius 3 is 2.62 bits per heavy atom. The van der Waals surface area contributed by atoms with E-state index < -0.39 is 10.8 Å². The van der Waals surface area contributed by atoms with Gasteiger partial charge in [0, 0.05) is 12.1 Å². The van der Waals surface area contributed by atoms with Crippen LogP contribution < -0.4 is 5.32 Å². The number of nitro benzene ring substituents is 1. The summed E-state index contributed by atoms with van der Waals surface area (Å²) in [6.45, 7) is 0. The zero-order chi connectivity index (χ0) is 17.7. The highest BCUT2D eigenvalue weighted by Gasteiger charge is 2.13. The zero-order valence-electron chi connectivity index (χ0n) is 12.0. The summed E-state index contributed by atoms with van der Waals surface area (Å²) in [5.74, 6) is -0.701. The second kappa shape index (κ2) is 7.59.